The quantitative estimate of drug-likeness (QED) is 0.705. The number of carboxylic acid groups (broad SMARTS) is 1. The molecule has 1 aromatic rings. The van der Waals surface area contributed by atoms with Crippen LogP contribution in [0.5, 0.6) is 5.75 Å². The van der Waals surface area contributed by atoms with Crippen molar-refractivity contribution in [1.82, 2.24) is 5.32 Å². The molecule has 1 aliphatic carbocycles. The van der Waals surface area contributed by atoms with Crippen molar-refractivity contribution in [3.8, 4) is 5.75 Å². The highest BCUT2D eigenvalue weighted by Crippen LogP contribution is 2.26. The Morgan fingerprint density at radius 2 is 2.00 bits per heavy atom. The molecular weight excluding hydrogens is 334 g/mol. The van der Waals surface area contributed by atoms with Gasteiger partial charge in [0.15, 0.2) is 0 Å². The van der Waals surface area contributed by atoms with Crippen LogP contribution in [0.4, 0.5) is 0 Å². The summed E-state index contributed by atoms with van der Waals surface area (Å²) in [7, 11) is 1.56. The van der Waals surface area contributed by atoms with E-state index in [4.69, 9.17) is 9.47 Å². The van der Waals surface area contributed by atoms with Crippen LogP contribution in [0, 0.1) is 11.8 Å². The van der Waals surface area contributed by atoms with Crippen LogP contribution in [-0.2, 0) is 20.7 Å². The maximum atomic E-state index is 12.0. The molecule has 1 amide bonds. The number of ether oxygens (including phenoxy) is 2. The zero-order valence-corrected chi connectivity index (χ0v) is 15.6. The number of rotatable bonds is 9. The fourth-order valence-corrected chi connectivity index (χ4v) is 3.38. The Kier molecular flexibility index (Phi) is 7.91. The van der Waals surface area contributed by atoms with Crippen LogP contribution in [0.15, 0.2) is 24.3 Å². The second kappa shape index (κ2) is 10.2. The molecular formula is C20H29NO5. The predicted octanol–water partition coefficient (Wildman–Crippen LogP) is 2.65. The number of carbonyl (C=O) groups is 2. The molecule has 6 heteroatoms. The highest BCUT2D eigenvalue weighted by molar-refractivity contribution is 5.78. The Morgan fingerprint density at radius 1 is 1.27 bits per heavy atom. The minimum atomic E-state index is -0.946. The molecule has 0 spiro atoms. The Morgan fingerprint density at radius 3 is 2.69 bits per heavy atom. The van der Waals surface area contributed by atoms with Crippen molar-refractivity contribution in [1.29, 1.82) is 0 Å². The summed E-state index contributed by atoms with van der Waals surface area (Å²) in [4.78, 5) is 23.6. The van der Waals surface area contributed by atoms with Gasteiger partial charge in [0.1, 0.15) is 12.4 Å². The normalized spacial score (nSPS) is 21.0. The van der Waals surface area contributed by atoms with E-state index in [1.165, 1.54) is 6.42 Å². The van der Waals surface area contributed by atoms with Crippen molar-refractivity contribution >= 4 is 11.9 Å². The Labute approximate surface area is 154 Å². The van der Waals surface area contributed by atoms with Gasteiger partial charge in [-0.25, -0.2) is 0 Å². The summed E-state index contributed by atoms with van der Waals surface area (Å²) in [5, 5.41) is 12.1. The van der Waals surface area contributed by atoms with E-state index in [0.29, 0.717) is 18.1 Å². The van der Waals surface area contributed by atoms with Crippen molar-refractivity contribution in [3.63, 3.8) is 0 Å². The van der Waals surface area contributed by atoms with Crippen molar-refractivity contribution in [3.05, 3.63) is 29.8 Å². The summed E-state index contributed by atoms with van der Waals surface area (Å²) in [6.07, 6.45) is 4.89. The summed E-state index contributed by atoms with van der Waals surface area (Å²) in [6.45, 7) is 2.20. The SMILES string of the molecule is COc1ccccc1CC(CNC(=O)COC1CCCCC1C)C(=O)O. The van der Waals surface area contributed by atoms with E-state index >= 15 is 0 Å². The summed E-state index contributed by atoms with van der Waals surface area (Å²) in [5.74, 6) is -0.815. The third-order valence-corrected chi connectivity index (χ3v) is 5.01. The van der Waals surface area contributed by atoms with E-state index in [1.807, 2.05) is 18.2 Å². The van der Waals surface area contributed by atoms with Gasteiger partial charge in [-0.3, -0.25) is 9.59 Å². The van der Waals surface area contributed by atoms with Gasteiger partial charge in [0.05, 0.1) is 19.1 Å². The van der Waals surface area contributed by atoms with E-state index in [0.717, 1.165) is 24.8 Å². The second-order valence-corrected chi connectivity index (χ2v) is 6.97. The second-order valence-electron chi connectivity index (χ2n) is 6.97. The maximum absolute atomic E-state index is 12.0. The van der Waals surface area contributed by atoms with E-state index < -0.39 is 11.9 Å². The summed E-state index contributed by atoms with van der Waals surface area (Å²) >= 11 is 0. The minimum absolute atomic E-state index is 0.0179. The number of nitrogens with one attached hydrogen (secondary N) is 1. The first-order chi connectivity index (χ1) is 12.5. The lowest BCUT2D eigenvalue weighted by molar-refractivity contribution is -0.141. The lowest BCUT2D eigenvalue weighted by atomic mass is 9.88. The van der Waals surface area contributed by atoms with Crippen LogP contribution in [0.1, 0.15) is 38.2 Å². The molecule has 2 N–H and O–H groups in total. The first-order valence-electron chi connectivity index (χ1n) is 9.24. The van der Waals surface area contributed by atoms with Gasteiger partial charge in [0.2, 0.25) is 5.91 Å². The minimum Gasteiger partial charge on any atom is -0.496 e. The Bertz CT molecular complexity index is 604. The molecule has 1 fully saturated rings. The number of carboxylic acids is 1. The van der Waals surface area contributed by atoms with Crippen LogP contribution in [0.3, 0.4) is 0 Å². The molecule has 144 valence electrons. The molecule has 1 aromatic carbocycles. The molecule has 0 aromatic heterocycles. The number of carbonyl (C=O) groups excluding carboxylic acids is 1. The predicted molar refractivity (Wildman–Crippen MR) is 98.2 cm³/mol. The van der Waals surface area contributed by atoms with Crippen LogP contribution in [0.25, 0.3) is 0 Å². The molecule has 1 aliphatic rings. The van der Waals surface area contributed by atoms with Gasteiger partial charge in [0, 0.05) is 6.54 Å². The Balaban J connectivity index is 1.82. The highest BCUT2D eigenvalue weighted by atomic mass is 16.5. The van der Waals surface area contributed by atoms with E-state index in [-0.39, 0.29) is 25.2 Å². The summed E-state index contributed by atoms with van der Waals surface area (Å²) in [6, 6.07) is 7.31. The van der Waals surface area contributed by atoms with Gasteiger partial charge in [-0.1, -0.05) is 38.0 Å². The van der Waals surface area contributed by atoms with Crippen LogP contribution in [-0.4, -0.2) is 43.3 Å². The van der Waals surface area contributed by atoms with E-state index in [2.05, 4.69) is 12.2 Å². The van der Waals surface area contributed by atoms with Crippen molar-refractivity contribution < 1.29 is 24.2 Å². The molecule has 3 unspecified atom stereocenters. The monoisotopic (exact) mass is 363 g/mol. The number of methoxy groups -OCH3 is 1. The highest BCUT2D eigenvalue weighted by Gasteiger charge is 2.24. The smallest absolute Gasteiger partial charge is 0.308 e. The Hall–Kier alpha value is -2.08. The third-order valence-electron chi connectivity index (χ3n) is 5.01. The zero-order chi connectivity index (χ0) is 18.9. The largest absolute Gasteiger partial charge is 0.496 e. The molecule has 3 atom stereocenters. The first-order valence-corrected chi connectivity index (χ1v) is 9.24. The van der Waals surface area contributed by atoms with E-state index in [9.17, 15) is 14.7 Å². The molecule has 2 rings (SSSR count). The topological polar surface area (TPSA) is 84.9 Å². The number of benzene rings is 1. The number of amides is 1. The molecule has 0 heterocycles. The lowest BCUT2D eigenvalue weighted by Gasteiger charge is -2.28. The fourth-order valence-electron chi connectivity index (χ4n) is 3.38. The molecule has 0 radical (unpaired) electrons. The standard InChI is InChI=1S/C20H29NO5/c1-14-7-3-5-9-17(14)26-13-19(22)21-12-16(20(23)24)11-15-8-4-6-10-18(15)25-2/h4,6,8,10,14,16-17H,3,5,7,9,11-13H2,1-2H3,(H,21,22)(H,23,24). The maximum Gasteiger partial charge on any atom is 0.308 e. The number of aliphatic carboxylic acids is 1. The first kappa shape index (κ1) is 20.2. The lowest BCUT2D eigenvalue weighted by Crippen LogP contribution is -2.37. The van der Waals surface area contributed by atoms with Crippen molar-refractivity contribution in [2.45, 2.75) is 45.1 Å². The molecule has 0 aliphatic heterocycles. The van der Waals surface area contributed by atoms with E-state index in [1.54, 1.807) is 13.2 Å². The van der Waals surface area contributed by atoms with Gasteiger partial charge in [-0.05, 0) is 36.8 Å². The van der Waals surface area contributed by atoms with Gasteiger partial charge >= 0.3 is 5.97 Å². The van der Waals surface area contributed by atoms with Gasteiger partial charge in [-0.15, -0.1) is 0 Å². The molecule has 0 saturated heterocycles. The molecule has 1 saturated carbocycles. The average Bonchev–Trinajstić information content (AvgIpc) is 2.64. The summed E-state index contributed by atoms with van der Waals surface area (Å²) in [5.41, 5.74) is 0.809. The van der Waals surface area contributed by atoms with Crippen molar-refractivity contribution in [2.75, 3.05) is 20.3 Å². The fraction of sp³-hybridized carbons (Fsp3) is 0.600. The van der Waals surface area contributed by atoms with Crippen LogP contribution < -0.4 is 10.1 Å². The molecule has 6 nitrogen and oxygen atoms in total. The zero-order valence-electron chi connectivity index (χ0n) is 15.6. The average molecular weight is 363 g/mol. The van der Waals surface area contributed by atoms with Gasteiger partial charge < -0.3 is 19.9 Å². The van der Waals surface area contributed by atoms with Crippen LogP contribution >= 0.6 is 0 Å². The number of hydrogen-bond acceptors (Lipinski definition) is 4. The molecule has 26 heavy (non-hydrogen) atoms. The van der Waals surface area contributed by atoms with Crippen LogP contribution in [0.2, 0.25) is 0 Å². The van der Waals surface area contributed by atoms with Gasteiger partial charge in [0.25, 0.3) is 0 Å². The third kappa shape index (κ3) is 6.02. The van der Waals surface area contributed by atoms with Gasteiger partial charge in [-0.2, -0.15) is 0 Å². The molecule has 0 bridgehead atoms. The summed E-state index contributed by atoms with van der Waals surface area (Å²) < 4.78 is 11.0. The van der Waals surface area contributed by atoms with Crippen molar-refractivity contribution in [2.24, 2.45) is 11.8 Å². The number of para-hydroxylation sites is 1. The number of hydrogen-bond donors (Lipinski definition) is 2.